The van der Waals surface area contributed by atoms with E-state index in [1.165, 1.54) is 19.3 Å². The van der Waals surface area contributed by atoms with E-state index in [1.807, 2.05) is 35.8 Å². The van der Waals surface area contributed by atoms with Gasteiger partial charge in [-0.1, -0.05) is 17.3 Å². The molecule has 26 heavy (non-hydrogen) atoms. The van der Waals surface area contributed by atoms with Crippen molar-refractivity contribution in [3.63, 3.8) is 0 Å². The number of piperidine rings is 1. The van der Waals surface area contributed by atoms with E-state index in [2.05, 4.69) is 20.4 Å². The summed E-state index contributed by atoms with van der Waals surface area (Å²) in [7, 11) is 0. The van der Waals surface area contributed by atoms with Crippen molar-refractivity contribution in [3.05, 3.63) is 53.2 Å². The molecule has 0 unspecified atom stereocenters. The van der Waals surface area contributed by atoms with Crippen LogP contribution in [0.4, 0.5) is 5.82 Å². The smallest absolute Gasteiger partial charge is 0.273 e. The SMILES string of the molecule is O=C(NCc1ccc(N2CCCCC2)nc1)c1cc(-c2cccs2)on1. The largest absolute Gasteiger partial charge is 0.357 e. The lowest BCUT2D eigenvalue weighted by Gasteiger charge is -2.27. The van der Waals surface area contributed by atoms with Crippen molar-refractivity contribution in [2.24, 2.45) is 0 Å². The molecular formula is C19H20N4O2S. The molecule has 0 aromatic carbocycles. The highest BCUT2D eigenvalue weighted by atomic mass is 32.1. The zero-order valence-electron chi connectivity index (χ0n) is 14.4. The third-order valence-electron chi connectivity index (χ3n) is 4.45. The third-order valence-corrected chi connectivity index (χ3v) is 5.33. The van der Waals surface area contributed by atoms with Crippen LogP contribution in [0.5, 0.6) is 0 Å². The zero-order chi connectivity index (χ0) is 17.8. The standard InChI is InChI=1S/C19H20N4O2S/c24-19(15-11-16(25-22-15)17-5-4-10-26-17)21-13-14-6-7-18(20-12-14)23-8-2-1-3-9-23/h4-7,10-12H,1-3,8-9,13H2,(H,21,24). The molecule has 0 radical (unpaired) electrons. The van der Waals surface area contributed by atoms with E-state index >= 15 is 0 Å². The second-order valence-electron chi connectivity index (χ2n) is 6.31. The zero-order valence-corrected chi connectivity index (χ0v) is 15.2. The summed E-state index contributed by atoms with van der Waals surface area (Å²) in [5, 5.41) is 8.67. The Hall–Kier alpha value is -2.67. The lowest BCUT2D eigenvalue weighted by molar-refractivity contribution is 0.0942. The Kier molecular flexibility index (Phi) is 4.97. The predicted octanol–water partition coefficient (Wildman–Crippen LogP) is 3.72. The molecule has 0 spiro atoms. The molecule has 1 amide bonds. The van der Waals surface area contributed by atoms with E-state index in [-0.39, 0.29) is 11.6 Å². The van der Waals surface area contributed by atoms with Gasteiger partial charge in [0.1, 0.15) is 5.82 Å². The molecule has 0 bridgehead atoms. The number of carbonyl (C=O) groups is 1. The minimum atomic E-state index is -0.253. The first-order valence-corrected chi connectivity index (χ1v) is 9.66. The van der Waals surface area contributed by atoms with Gasteiger partial charge >= 0.3 is 0 Å². The first-order valence-electron chi connectivity index (χ1n) is 8.78. The van der Waals surface area contributed by atoms with Gasteiger partial charge in [-0.3, -0.25) is 4.79 Å². The molecule has 134 valence electrons. The first-order chi connectivity index (χ1) is 12.8. The van der Waals surface area contributed by atoms with Crippen LogP contribution in [-0.2, 0) is 6.54 Å². The summed E-state index contributed by atoms with van der Waals surface area (Å²) >= 11 is 1.55. The molecule has 3 aromatic rings. The number of hydrogen-bond donors (Lipinski definition) is 1. The summed E-state index contributed by atoms with van der Waals surface area (Å²) in [5.41, 5.74) is 1.24. The predicted molar refractivity (Wildman–Crippen MR) is 101 cm³/mol. The maximum Gasteiger partial charge on any atom is 0.273 e. The van der Waals surface area contributed by atoms with Gasteiger partial charge in [-0.05, 0) is 42.3 Å². The van der Waals surface area contributed by atoms with Gasteiger partial charge in [0.05, 0.1) is 4.88 Å². The number of pyridine rings is 1. The number of rotatable bonds is 5. The highest BCUT2D eigenvalue weighted by Crippen LogP contribution is 2.25. The maximum atomic E-state index is 12.3. The lowest BCUT2D eigenvalue weighted by Crippen LogP contribution is -2.30. The van der Waals surface area contributed by atoms with Gasteiger partial charge in [0.25, 0.3) is 5.91 Å². The number of nitrogens with zero attached hydrogens (tertiary/aromatic N) is 3. The molecule has 1 aliphatic heterocycles. The number of carbonyl (C=O) groups excluding carboxylic acids is 1. The highest BCUT2D eigenvalue weighted by Gasteiger charge is 2.15. The quantitative estimate of drug-likeness (QED) is 0.743. The van der Waals surface area contributed by atoms with Crippen LogP contribution in [-0.4, -0.2) is 29.1 Å². The number of anilines is 1. The summed E-state index contributed by atoms with van der Waals surface area (Å²) < 4.78 is 5.25. The fourth-order valence-corrected chi connectivity index (χ4v) is 3.69. The van der Waals surface area contributed by atoms with E-state index in [0.717, 1.165) is 29.3 Å². The normalized spacial score (nSPS) is 14.4. The summed E-state index contributed by atoms with van der Waals surface area (Å²) in [6, 6.07) is 9.57. The van der Waals surface area contributed by atoms with Crippen molar-refractivity contribution in [2.75, 3.05) is 18.0 Å². The molecule has 0 aliphatic carbocycles. The summed E-state index contributed by atoms with van der Waals surface area (Å²) in [6.45, 7) is 2.55. The molecule has 4 rings (SSSR count). The number of amides is 1. The van der Waals surface area contributed by atoms with Gasteiger partial charge in [0.2, 0.25) is 0 Å². The molecule has 0 saturated carbocycles. The van der Waals surface area contributed by atoms with Crippen LogP contribution in [0.25, 0.3) is 10.6 Å². The van der Waals surface area contributed by atoms with Gasteiger partial charge in [-0.15, -0.1) is 11.3 Å². The first kappa shape index (κ1) is 16.8. The summed E-state index contributed by atoms with van der Waals surface area (Å²) in [4.78, 5) is 20.1. The van der Waals surface area contributed by atoms with Gasteiger partial charge in [0, 0.05) is 31.9 Å². The van der Waals surface area contributed by atoms with Gasteiger partial charge in [0.15, 0.2) is 11.5 Å². The molecule has 1 fully saturated rings. The van der Waals surface area contributed by atoms with Crippen LogP contribution in [0.2, 0.25) is 0 Å². The molecule has 0 atom stereocenters. The van der Waals surface area contributed by atoms with Crippen molar-refractivity contribution < 1.29 is 9.32 Å². The van der Waals surface area contributed by atoms with E-state index in [4.69, 9.17) is 4.52 Å². The van der Waals surface area contributed by atoms with Gasteiger partial charge in [-0.25, -0.2) is 4.98 Å². The van der Waals surface area contributed by atoms with Crippen LogP contribution < -0.4 is 10.2 Å². The minimum absolute atomic E-state index is 0.253. The summed E-state index contributed by atoms with van der Waals surface area (Å²) in [6.07, 6.45) is 5.58. The minimum Gasteiger partial charge on any atom is -0.357 e. The maximum absolute atomic E-state index is 12.3. The van der Waals surface area contributed by atoms with Gasteiger partial charge in [-0.2, -0.15) is 0 Å². The van der Waals surface area contributed by atoms with Crippen LogP contribution in [0.3, 0.4) is 0 Å². The molecule has 1 aliphatic rings. The fourth-order valence-electron chi connectivity index (χ4n) is 3.02. The second-order valence-corrected chi connectivity index (χ2v) is 7.26. The Morgan fingerprint density at radius 3 is 2.85 bits per heavy atom. The Labute approximate surface area is 155 Å². The van der Waals surface area contributed by atoms with Crippen LogP contribution in [0, 0.1) is 0 Å². The lowest BCUT2D eigenvalue weighted by atomic mass is 10.1. The Morgan fingerprint density at radius 1 is 1.23 bits per heavy atom. The Morgan fingerprint density at radius 2 is 2.12 bits per heavy atom. The number of aromatic nitrogens is 2. The van der Waals surface area contributed by atoms with Gasteiger partial charge < -0.3 is 14.7 Å². The average Bonchev–Trinajstić information content (AvgIpc) is 3.39. The van der Waals surface area contributed by atoms with Crippen molar-refractivity contribution >= 4 is 23.1 Å². The van der Waals surface area contributed by atoms with Crippen molar-refractivity contribution in [3.8, 4) is 10.6 Å². The van der Waals surface area contributed by atoms with Crippen LogP contribution in [0.1, 0.15) is 35.3 Å². The molecular weight excluding hydrogens is 348 g/mol. The van der Waals surface area contributed by atoms with E-state index in [1.54, 1.807) is 17.4 Å². The molecule has 3 aromatic heterocycles. The molecule has 1 N–H and O–H groups in total. The summed E-state index contributed by atoms with van der Waals surface area (Å²) in [5.74, 6) is 1.37. The molecule has 7 heteroatoms. The topological polar surface area (TPSA) is 71.3 Å². The number of thiophene rings is 1. The third kappa shape index (κ3) is 3.77. The monoisotopic (exact) mass is 368 g/mol. The van der Waals surface area contributed by atoms with Crippen LogP contribution in [0.15, 0.2) is 46.4 Å². The van der Waals surface area contributed by atoms with Crippen molar-refractivity contribution in [2.45, 2.75) is 25.8 Å². The van der Waals surface area contributed by atoms with E-state index in [9.17, 15) is 4.79 Å². The van der Waals surface area contributed by atoms with Crippen molar-refractivity contribution in [1.82, 2.24) is 15.5 Å². The Balaban J connectivity index is 1.34. The van der Waals surface area contributed by atoms with Crippen molar-refractivity contribution in [1.29, 1.82) is 0 Å². The highest BCUT2D eigenvalue weighted by molar-refractivity contribution is 7.13. The van der Waals surface area contributed by atoms with E-state index in [0.29, 0.717) is 12.3 Å². The molecule has 6 nitrogen and oxygen atoms in total. The number of hydrogen-bond acceptors (Lipinski definition) is 6. The Bertz CT molecular complexity index is 852. The van der Waals surface area contributed by atoms with Crippen LogP contribution >= 0.6 is 11.3 Å². The van der Waals surface area contributed by atoms with E-state index < -0.39 is 0 Å². The fraction of sp³-hybridized carbons (Fsp3) is 0.316. The molecule has 4 heterocycles. The second kappa shape index (κ2) is 7.70. The molecule has 1 saturated heterocycles. The number of nitrogens with one attached hydrogen (secondary N) is 1. The average molecular weight is 368 g/mol.